The first-order valence-corrected chi connectivity index (χ1v) is 8.66. The largest absolute Gasteiger partial charge is 0.497 e. The predicted molar refractivity (Wildman–Crippen MR) is 95.2 cm³/mol. The quantitative estimate of drug-likeness (QED) is 0.816. The number of likely N-dealkylation sites (tertiary alicyclic amines) is 1. The molecule has 5 heteroatoms. The lowest BCUT2D eigenvalue weighted by Gasteiger charge is -2.30. The van der Waals surface area contributed by atoms with Gasteiger partial charge in [-0.2, -0.15) is 0 Å². The Labute approximate surface area is 144 Å². The van der Waals surface area contributed by atoms with Crippen molar-refractivity contribution in [2.45, 2.75) is 37.4 Å². The van der Waals surface area contributed by atoms with E-state index < -0.39 is 0 Å². The summed E-state index contributed by atoms with van der Waals surface area (Å²) < 4.78 is 5.39. The van der Waals surface area contributed by atoms with E-state index in [1.165, 1.54) is 18.4 Å². The molecular weight excluding hydrogens is 302 g/mol. The van der Waals surface area contributed by atoms with E-state index in [0.717, 1.165) is 18.7 Å². The third-order valence-electron chi connectivity index (χ3n) is 4.95. The van der Waals surface area contributed by atoms with Crippen molar-refractivity contribution in [1.82, 2.24) is 15.1 Å². The van der Waals surface area contributed by atoms with Crippen LogP contribution in [0.4, 0.5) is 4.79 Å². The molecule has 130 valence electrons. The van der Waals surface area contributed by atoms with Gasteiger partial charge < -0.3 is 15.0 Å². The lowest BCUT2D eigenvalue weighted by molar-refractivity contribution is 0.195. The number of likely N-dealkylation sites (N-methyl/N-ethyl adjacent to an activating group) is 1. The third-order valence-corrected chi connectivity index (χ3v) is 4.95. The molecule has 1 aliphatic heterocycles. The van der Waals surface area contributed by atoms with E-state index in [-0.39, 0.29) is 18.1 Å². The Morgan fingerprint density at radius 2 is 2.25 bits per heavy atom. The zero-order valence-corrected chi connectivity index (χ0v) is 14.6. The number of rotatable bonds is 6. The topological polar surface area (TPSA) is 44.8 Å². The third kappa shape index (κ3) is 3.56. The van der Waals surface area contributed by atoms with Gasteiger partial charge in [-0.15, -0.1) is 6.58 Å². The van der Waals surface area contributed by atoms with Crippen molar-refractivity contribution in [3.05, 3.63) is 42.5 Å². The fourth-order valence-corrected chi connectivity index (χ4v) is 3.58. The summed E-state index contributed by atoms with van der Waals surface area (Å²) in [4.78, 5) is 16.6. The molecule has 2 fully saturated rings. The zero-order chi connectivity index (χ0) is 17.1. The van der Waals surface area contributed by atoms with E-state index in [2.05, 4.69) is 28.9 Å². The van der Waals surface area contributed by atoms with E-state index in [0.29, 0.717) is 12.6 Å². The number of benzene rings is 1. The maximum Gasteiger partial charge on any atom is 0.317 e. The van der Waals surface area contributed by atoms with E-state index in [1.54, 1.807) is 25.1 Å². The molecule has 5 nitrogen and oxygen atoms in total. The first-order chi connectivity index (χ1) is 11.6. The minimum atomic E-state index is -0.0366. The average molecular weight is 329 g/mol. The van der Waals surface area contributed by atoms with Crippen molar-refractivity contribution in [2.24, 2.45) is 0 Å². The van der Waals surface area contributed by atoms with E-state index >= 15 is 0 Å². The number of nitrogens with zero attached hydrogens (tertiary/aromatic N) is 2. The number of methoxy groups -OCH3 is 1. The summed E-state index contributed by atoms with van der Waals surface area (Å²) in [5, 5.41) is 3.22. The second-order valence-electron chi connectivity index (χ2n) is 6.70. The maximum absolute atomic E-state index is 12.4. The van der Waals surface area contributed by atoms with Crippen molar-refractivity contribution in [2.75, 3.05) is 27.2 Å². The molecule has 2 unspecified atom stereocenters. The Bertz CT molecular complexity index is 600. The molecule has 1 saturated carbocycles. The molecule has 0 bridgehead atoms. The van der Waals surface area contributed by atoms with Gasteiger partial charge in [-0.3, -0.25) is 4.90 Å². The number of urea groups is 1. The lowest BCUT2D eigenvalue weighted by Crippen LogP contribution is -2.45. The van der Waals surface area contributed by atoms with Crippen LogP contribution < -0.4 is 10.1 Å². The monoisotopic (exact) mass is 329 g/mol. The van der Waals surface area contributed by atoms with Crippen LogP contribution in [-0.4, -0.2) is 55.2 Å². The SMILES string of the molecule is C=CCN(C)C(=O)NC1CCN(C2CC2)C1c1cccc(OC)c1. The predicted octanol–water partition coefficient (Wildman–Crippen LogP) is 2.80. The highest BCUT2D eigenvalue weighted by Crippen LogP contribution is 2.41. The van der Waals surface area contributed by atoms with Gasteiger partial charge in [0.05, 0.1) is 19.2 Å². The van der Waals surface area contributed by atoms with Crippen LogP contribution in [0.2, 0.25) is 0 Å². The molecular formula is C19H27N3O2. The molecule has 1 heterocycles. The smallest absolute Gasteiger partial charge is 0.317 e. The number of ether oxygens (including phenoxy) is 1. The fourth-order valence-electron chi connectivity index (χ4n) is 3.58. The van der Waals surface area contributed by atoms with Gasteiger partial charge in [0, 0.05) is 26.2 Å². The molecule has 24 heavy (non-hydrogen) atoms. The summed E-state index contributed by atoms with van der Waals surface area (Å²) in [5.41, 5.74) is 1.22. The van der Waals surface area contributed by atoms with Crippen molar-refractivity contribution >= 4 is 6.03 Å². The molecule has 0 radical (unpaired) electrons. The number of nitrogens with one attached hydrogen (secondary N) is 1. The Morgan fingerprint density at radius 1 is 1.46 bits per heavy atom. The minimum absolute atomic E-state index is 0.0366. The van der Waals surface area contributed by atoms with Crippen LogP contribution in [-0.2, 0) is 0 Å². The first kappa shape index (κ1) is 16.8. The van der Waals surface area contributed by atoms with Gasteiger partial charge in [0.15, 0.2) is 0 Å². The lowest BCUT2D eigenvalue weighted by atomic mass is 9.99. The van der Waals surface area contributed by atoms with Gasteiger partial charge in [-0.1, -0.05) is 18.2 Å². The summed E-state index contributed by atoms with van der Waals surface area (Å²) in [7, 11) is 3.49. The van der Waals surface area contributed by atoms with Crippen molar-refractivity contribution in [3.8, 4) is 5.75 Å². The molecule has 0 spiro atoms. The van der Waals surface area contributed by atoms with Gasteiger partial charge in [-0.05, 0) is 37.0 Å². The molecule has 0 aromatic heterocycles. The summed E-state index contributed by atoms with van der Waals surface area (Å²) in [5.74, 6) is 0.865. The molecule has 1 N–H and O–H groups in total. The molecule has 2 aliphatic rings. The molecule has 1 aromatic carbocycles. The number of carbonyl (C=O) groups is 1. The second-order valence-corrected chi connectivity index (χ2v) is 6.70. The van der Waals surface area contributed by atoms with Gasteiger partial charge in [-0.25, -0.2) is 4.79 Å². The molecule has 1 aliphatic carbocycles. The summed E-state index contributed by atoms with van der Waals surface area (Å²) in [6.07, 6.45) is 5.24. The van der Waals surface area contributed by atoms with Crippen LogP contribution in [0.1, 0.15) is 30.9 Å². The zero-order valence-electron chi connectivity index (χ0n) is 14.6. The van der Waals surface area contributed by atoms with Crippen LogP contribution in [0.15, 0.2) is 36.9 Å². The highest BCUT2D eigenvalue weighted by molar-refractivity contribution is 5.74. The molecule has 1 aromatic rings. The maximum atomic E-state index is 12.4. The first-order valence-electron chi connectivity index (χ1n) is 8.66. The fraction of sp³-hybridized carbons (Fsp3) is 0.526. The van der Waals surface area contributed by atoms with E-state index in [9.17, 15) is 4.79 Å². The summed E-state index contributed by atoms with van der Waals surface area (Å²) >= 11 is 0. The molecule has 1 saturated heterocycles. The van der Waals surface area contributed by atoms with Gasteiger partial charge >= 0.3 is 6.03 Å². The Hall–Kier alpha value is -2.01. The number of hydrogen-bond donors (Lipinski definition) is 1. The number of amides is 2. The van der Waals surface area contributed by atoms with Crippen molar-refractivity contribution in [3.63, 3.8) is 0 Å². The van der Waals surface area contributed by atoms with Gasteiger partial charge in [0.1, 0.15) is 5.75 Å². The Morgan fingerprint density at radius 3 is 2.92 bits per heavy atom. The summed E-state index contributed by atoms with van der Waals surface area (Å²) in [6.45, 7) is 5.28. The van der Waals surface area contributed by atoms with Gasteiger partial charge in [0.2, 0.25) is 0 Å². The molecule has 2 atom stereocenters. The highest BCUT2D eigenvalue weighted by Gasteiger charge is 2.43. The molecule has 3 rings (SSSR count). The van der Waals surface area contributed by atoms with Gasteiger partial charge in [0.25, 0.3) is 0 Å². The summed E-state index contributed by atoms with van der Waals surface area (Å²) in [6, 6.07) is 9.19. The van der Waals surface area contributed by atoms with Crippen LogP contribution >= 0.6 is 0 Å². The Balaban J connectivity index is 1.79. The van der Waals surface area contributed by atoms with Crippen LogP contribution in [0.5, 0.6) is 5.75 Å². The van der Waals surface area contributed by atoms with Crippen LogP contribution in [0, 0.1) is 0 Å². The second kappa shape index (κ2) is 7.26. The van der Waals surface area contributed by atoms with E-state index in [4.69, 9.17) is 4.74 Å². The van der Waals surface area contributed by atoms with Crippen LogP contribution in [0.3, 0.4) is 0 Å². The minimum Gasteiger partial charge on any atom is -0.497 e. The normalized spacial score (nSPS) is 23.8. The Kier molecular flexibility index (Phi) is 5.09. The number of hydrogen-bond acceptors (Lipinski definition) is 3. The standard InChI is InChI=1S/C19H27N3O2/c1-4-11-21(2)19(23)20-17-10-12-22(15-8-9-15)18(17)14-6-5-7-16(13-14)24-3/h4-7,13,15,17-18H,1,8-12H2,2-3H3,(H,20,23). The highest BCUT2D eigenvalue weighted by atomic mass is 16.5. The van der Waals surface area contributed by atoms with Crippen LogP contribution in [0.25, 0.3) is 0 Å². The average Bonchev–Trinajstić information content (AvgIpc) is 3.36. The van der Waals surface area contributed by atoms with Crippen molar-refractivity contribution in [1.29, 1.82) is 0 Å². The molecule has 2 amide bonds. The van der Waals surface area contributed by atoms with E-state index in [1.807, 2.05) is 12.1 Å². The number of carbonyl (C=O) groups excluding carboxylic acids is 1. The van der Waals surface area contributed by atoms with Crippen molar-refractivity contribution < 1.29 is 9.53 Å².